The van der Waals surface area contributed by atoms with Gasteiger partial charge < -0.3 is 9.32 Å². The number of anilines is 3. The third kappa shape index (κ3) is 4.18. The first kappa shape index (κ1) is 29.1. The lowest BCUT2D eigenvalue weighted by atomic mass is 9.82. The van der Waals surface area contributed by atoms with Gasteiger partial charge in [-0.1, -0.05) is 126 Å². The van der Waals surface area contributed by atoms with Gasteiger partial charge in [0.15, 0.2) is 0 Å². The number of fused-ring (bicyclic) bond motifs is 7. The summed E-state index contributed by atoms with van der Waals surface area (Å²) in [6.45, 7) is 14.2. The molecule has 236 valence electrons. The summed E-state index contributed by atoms with van der Waals surface area (Å²) in [7, 11) is 0. The molecule has 6 aromatic carbocycles. The summed E-state index contributed by atoms with van der Waals surface area (Å²) in [5, 5.41) is 2.26. The molecule has 0 saturated carbocycles. The van der Waals surface area contributed by atoms with Crippen LogP contribution in [0.2, 0.25) is 0 Å². The predicted molar refractivity (Wildman–Crippen MR) is 202 cm³/mol. The molecule has 7 aromatic rings. The zero-order chi connectivity index (χ0) is 33.0. The average molecular weight is 624 g/mol. The Labute approximate surface area is 283 Å². The Morgan fingerprint density at radius 3 is 2.00 bits per heavy atom. The minimum Gasteiger partial charge on any atom is -0.456 e. The lowest BCUT2D eigenvalue weighted by Gasteiger charge is -2.29. The molecule has 0 fully saturated rings. The molecular weight excluding hydrogens is 583 g/mol. The first-order chi connectivity index (χ1) is 23.0. The van der Waals surface area contributed by atoms with Crippen molar-refractivity contribution in [3.05, 3.63) is 150 Å². The molecule has 2 aliphatic rings. The summed E-state index contributed by atoms with van der Waals surface area (Å²) in [4.78, 5) is 2.42. The van der Waals surface area contributed by atoms with E-state index in [2.05, 4.69) is 168 Å². The molecule has 0 N–H and O–H groups in total. The lowest BCUT2D eigenvalue weighted by Crippen LogP contribution is -2.17. The largest absolute Gasteiger partial charge is 0.456 e. The predicted octanol–water partition coefficient (Wildman–Crippen LogP) is 13.0. The minimum atomic E-state index is -0.0955. The van der Waals surface area contributed by atoms with Crippen LogP contribution < -0.4 is 4.90 Å². The maximum atomic E-state index is 6.38. The van der Waals surface area contributed by atoms with Gasteiger partial charge in [-0.3, -0.25) is 0 Å². The molecule has 0 amide bonds. The Morgan fingerprint density at radius 1 is 0.500 bits per heavy atom. The molecule has 0 aliphatic heterocycles. The number of benzene rings is 6. The van der Waals surface area contributed by atoms with E-state index in [1.807, 2.05) is 6.07 Å². The number of nitrogens with zero attached hydrogens (tertiary/aromatic N) is 1. The molecule has 0 bridgehead atoms. The van der Waals surface area contributed by atoms with Gasteiger partial charge in [0.2, 0.25) is 0 Å². The van der Waals surface area contributed by atoms with E-state index in [-0.39, 0.29) is 16.2 Å². The van der Waals surface area contributed by atoms with Crippen molar-refractivity contribution in [2.75, 3.05) is 4.90 Å². The van der Waals surface area contributed by atoms with Crippen LogP contribution in [0.15, 0.2) is 132 Å². The van der Waals surface area contributed by atoms with Gasteiger partial charge in [0.25, 0.3) is 0 Å². The molecular formula is C46H41NO. The van der Waals surface area contributed by atoms with Gasteiger partial charge in [-0.25, -0.2) is 0 Å². The highest BCUT2D eigenvalue weighted by atomic mass is 16.3. The van der Waals surface area contributed by atoms with E-state index in [9.17, 15) is 0 Å². The molecule has 1 aromatic heterocycles. The van der Waals surface area contributed by atoms with Crippen LogP contribution in [0.3, 0.4) is 0 Å². The number of rotatable bonds is 4. The van der Waals surface area contributed by atoms with Crippen LogP contribution in [0.25, 0.3) is 44.2 Å². The Bertz CT molecular complexity index is 2400. The number of para-hydroxylation sites is 1. The van der Waals surface area contributed by atoms with Gasteiger partial charge in [-0.05, 0) is 104 Å². The van der Waals surface area contributed by atoms with Crippen molar-refractivity contribution in [3.63, 3.8) is 0 Å². The van der Waals surface area contributed by atoms with Gasteiger partial charge in [-0.15, -0.1) is 0 Å². The molecule has 2 heteroatoms. The van der Waals surface area contributed by atoms with E-state index in [0.717, 1.165) is 39.0 Å². The molecule has 2 aliphatic carbocycles. The lowest BCUT2D eigenvalue weighted by molar-refractivity contribution is 0.403. The summed E-state index contributed by atoms with van der Waals surface area (Å²) >= 11 is 0. The van der Waals surface area contributed by atoms with Crippen LogP contribution >= 0.6 is 0 Å². The molecule has 0 radical (unpaired) electrons. The quantitative estimate of drug-likeness (QED) is 0.194. The molecule has 0 spiro atoms. The van der Waals surface area contributed by atoms with Crippen LogP contribution in [0.1, 0.15) is 70.2 Å². The Morgan fingerprint density at radius 2 is 1.17 bits per heavy atom. The fraction of sp³-hybridized carbons (Fsp3) is 0.217. The van der Waals surface area contributed by atoms with Crippen molar-refractivity contribution in [2.24, 2.45) is 0 Å². The topological polar surface area (TPSA) is 16.4 Å². The standard InChI is InChI=1S/C46H41NO/c1-44(2)28-45(3,4)39-26-30(20-25-37(39)44)29-18-21-31(22-19-29)47(40-15-11-17-42-43(40)35-13-8-10-16-41(35)48-42)32-23-24-34-33-12-7-9-14-36(33)46(5,6)38(34)27-32/h7-27H,28H2,1-6H3. The zero-order valence-corrected chi connectivity index (χ0v) is 28.7. The average Bonchev–Trinajstić information content (AvgIpc) is 3.64. The molecule has 1 heterocycles. The SMILES string of the molecule is CC1(C)CC(C)(C)c2cc(-c3ccc(N(c4ccc5c(c4)C(C)(C)c4ccccc4-5)c4cccc5oc6ccccc6c45)cc3)ccc21. The highest BCUT2D eigenvalue weighted by Gasteiger charge is 2.42. The maximum Gasteiger partial charge on any atom is 0.137 e. The first-order valence-electron chi connectivity index (χ1n) is 17.2. The van der Waals surface area contributed by atoms with E-state index in [4.69, 9.17) is 4.42 Å². The van der Waals surface area contributed by atoms with Crippen LogP contribution in [-0.2, 0) is 16.2 Å². The monoisotopic (exact) mass is 623 g/mol. The second-order valence-electron chi connectivity index (χ2n) is 15.7. The molecule has 0 atom stereocenters. The zero-order valence-electron chi connectivity index (χ0n) is 28.7. The van der Waals surface area contributed by atoms with Crippen molar-refractivity contribution in [3.8, 4) is 22.3 Å². The van der Waals surface area contributed by atoms with E-state index < -0.39 is 0 Å². The number of hydrogen-bond acceptors (Lipinski definition) is 2. The Hall–Kier alpha value is -5.08. The van der Waals surface area contributed by atoms with Gasteiger partial charge in [0.1, 0.15) is 11.2 Å². The maximum absolute atomic E-state index is 6.38. The second kappa shape index (κ2) is 9.97. The van der Waals surface area contributed by atoms with Gasteiger partial charge >= 0.3 is 0 Å². The van der Waals surface area contributed by atoms with Crippen molar-refractivity contribution >= 4 is 39.0 Å². The number of furan rings is 1. The normalized spacial score (nSPS) is 16.5. The third-order valence-electron chi connectivity index (χ3n) is 11.3. The van der Waals surface area contributed by atoms with Gasteiger partial charge in [0, 0.05) is 22.2 Å². The summed E-state index contributed by atoms with van der Waals surface area (Å²) < 4.78 is 6.38. The molecule has 0 saturated heterocycles. The molecule has 9 rings (SSSR count). The highest BCUT2D eigenvalue weighted by molar-refractivity contribution is 6.13. The minimum absolute atomic E-state index is 0.0955. The third-order valence-corrected chi connectivity index (χ3v) is 11.3. The van der Waals surface area contributed by atoms with Crippen LogP contribution in [0, 0.1) is 0 Å². The summed E-state index contributed by atoms with van der Waals surface area (Å²) in [5.74, 6) is 0. The smallest absolute Gasteiger partial charge is 0.137 e. The second-order valence-corrected chi connectivity index (χ2v) is 15.7. The summed E-state index contributed by atoms with van der Waals surface area (Å²) in [6.07, 6.45) is 1.17. The van der Waals surface area contributed by atoms with Crippen molar-refractivity contribution in [2.45, 2.75) is 64.2 Å². The molecule has 0 unspecified atom stereocenters. The Kier molecular flexibility index (Phi) is 6.04. The van der Waals surface area contributed by atoms with E-state index in [0.29, 0.717) is 0 Å². The molecule has 48 heavy (non-hydrogen) atoms. The highest BCUT2D eigenvalue weighted by Crippen LogP contribution is 2.52. The van der Waals surface area contributed by atoms with Gasteiger partial charge in [0.05, 0.1) is 11.1 Å². The van der Waals surface area contributed by atoms with Crippen molar-refractivity contribution < 1.29 is 4.42 Å². The fourth-order valence-corrected chi connectivity index (χ4v) is 9.17. The first-order valence-corrected chi connectivity index (χ1v) is 17.2. The van der Waals surface area contributed by atoms with E-state index in [1.54, 1.807) is 0 Å². The fourth-order valence-electron chi connectivity index (χ4n) is 9.17. The van der Waals surface area contributed by atoms with Crippen LogP contribution in [0.5, 0.6) is 0 Å². The molecule has 2 nitrogen and oxygen atoms in total. The van der Waals surface area contributed by atoms with Crippen molar-refractivity contribution in [1.82, 2.24) is 0 Å². The summed E-state index contributed by atoms with van der Waals surface area (Å²) in [5.41, 5.74) is 16.3. The van der Waals surface area contributed by atoms with Crippen LogP contribution in [0.4, 0.5) is 17.1 Å². The van der Waals surface area contributed by atoms with E-state index >= 15 is 0 Å². The van der Waals surface area contributed by atoms with Crippen molar-refractivity contribution in [1.29, 1.82) is 0 Å². The van der Waals surface area contributed by atoms with Gasteiger partial charge in [-0.2, -0.15) is 0 Å². The summed E-state index contributed by atoms with van der Waals surface area (Å²) in [6, 6.07) is 47.0. The van der Waals surface area contributed by atoms with Crippen LogP contribution in [-0.4, -0.2) is 0 Å². The van der Waals surface area contributed by atoms with E-state index in [1.165, 1.54) is 50.9 Å². The number of hydrogen-bond donors (Lipinski definition) is 0. The Balaban J connectivity index is 1.21.